The van der Waals surface area contributed by atoms with Gasteiger partial charge in [-0.05, 0) is 88.8 Å². The molecule has 2 saturated heterocycles. The number of rotatable bonds is 9. The first-order chi connectivity index (χ1) is 19.7. The number of carbonyl (C=O) groups is 3. The van der Waals surface area contributed by atoms with Crippen LogP contribution in [0.2, 0.25) is 0 Å². The van der Waals surface area contributed by atoms with Crippen molar-refractivity contribution in [3.8, 4) is 0 Å². The highest BCUT2D eigenvalue weighted by atomic mass is 19.1. The van der Waals surface area contributed by atoms with Gasteiger partial charge in [0.05, 0.1) is 17.9 Å². The number of hydrogen-bond acceptors (Lipinski definition) is 5. The largest absolute Gasteiger partial charge is 0.466 e. The van der Waals surface area contributed by atoms with Crippen molar-refractivity contribution >= 4 is 17.8 Å². The van der Waals surface area contributed by atoms with Crippen LogP contribution in [0.25, 0.3) is 0 Å². The van der Waals surface area contributed by atoms with E-state index in [4.69, 9.17) is 4.74 Å². The number of fused-ring (bicyclic) bond motifs is 2. The molecule has 1 aromatic rings. The third-order valence-electron chi connectivity index (χ3n) is 10.5. The summed E-state index contributed by atoms with van der Waals surface area (Å²) < 4.78 is 19.2. The minimum atomic E-state index is -0.732. The van der Waals surface area contributed by atoms with Gasteiger partial charge in [-0.3, -0.25) is 19.3 Å². The van der Waals surface area contributed by atoms with E-state index < -0.39 is 11.5 Å². The third kappa shape index (κ3) is 6.32. The van der Waals surface area contributed by atoms with Gasteiger partial charge in [0.1, 0.15) is 11.9 Å². The lowest BCUT2D eigenvalue weighted by Crippen LogP contribution is -2.57. The summed E-state index contributed by atoms with van der Waals surface area (Å²) in [5, 5.41) is 3.15. The number of hydrogen-bond donors (Lipinski definition) is 1. The Morgan fingerprint density at radius 2 is 1.73 bits per heavy atom. The predicted octanol–water partition coefficient (Wildman–Crippen LogP) is 4.72. The second-order valence-corrected chi connectivity index (χ2v) is 13.2. The number of nitrogens with zero attached hydrogens (tertiary/aromatic N) is 2. The molecule has 1 aromatic carbocycles. The SMILES string of the molecule is CCOC(=O)C1(C2CCCCC2)CCN(C(=O)[C@@H](Cc2ccc(F)cc2)NC(=O)[C@H]2C[C@H]3C[C@@H]2N(C(C)C)C3)CC1. The second-order valence-electron chi connectivity index (χ2n) is 13.2. The summed E-state index contributed by atoms with van der Waals surface area (Å²) in [6.07, 6.45) is 8.95. The maximum atomic E-state index is 14.0. The number of halogens is 1. The molecule has 0 radical (unpaired) electrons. The molecule has 5 rings (SSSR count). The van der Waals surface area contributed by atoms with Gasteiger partial charge in [-0.2, -0.15) is 0 Å². The van der Waals surface area contributed by atoms with Crippen LogP contribution in [-0.4, -0.2) is 72.0 Å². The first-order valence-electron chi connectivity index (χ1n) is 16.0. The topological polar surface area (TPSA) is 79.0 Å². The summed E-state index contributed by atoms with van der Waals surface area (Å²) in [4.78, 5) is 45.3. The Morgan fingerprint density at radius 1 is 1.05 bits per heavy atom. The maximum Gasteiger partial charge on any atom is 0.312 e. The van der Waals surface area contributed by atoms with E-state index in [0.717, 1.165) is 50.6 Å². The summed E-state index contributed by atoms with van der Waals surface area (Å²) in [5.74, 6) is 0.0951. The van der Waals surface area contributed by atoms with Gasteiger partial charge in [-0.15, -0.1) is 0 Å². The maximum absolute atomic E-state index is 14.0. The molecule has 0 spiro atoms. The van der Waals surface area contributed by atoms with Crippen molar-refractivity contribution in [1.29, 1.82) is 0 Å². The Balaban J connectivity index is 1.31. The van der Waals surface area contributed by atoms with Crippen LogP contribution in [0.3, 0.4) is 0 Å². The molecule has 2 saturated carbocycles. The van der Waals surface area contributed by atoms with Crippen LogP contribution in [0, 0.1) is 29.0 Å². The molecule has 2 heterocycles. The zero-order valence-electron chi connectivity index (χ0n) is 25.1. The highest BCUT2D eigenvalue weighted by Crippen LogP contribution is 2.47. The number of carbonyl (C=O) groups excluding carboxylic acids is 3. The number of likely N-dealkylation sites (tertiary alicyclic amines) is 2. The van der Waals surface area contributed by atoms with Gasteiger partial charge < -0.3 is 15.0 Å². The smallest absolute Gasteiger partial charge is 0.312 e. The van der Waals surface area contributed by atoms with Gasteiger partial charge in [-0.25, -0.2) is 4.39 Å². The Morgan fingerprint density at radius 3 is 2.34 bits per heavy atom. The van der Waals surface area contributed by atoms with Crippen molar-refractivity contribution in [3.63, 3.8) is 0 Å². The molecule has 4 fully saturated rings. The molecule has 4 aliphatic rings. The molecule has 41 heavy (non-hydrogen) atoms. The number of esters is 1. The molecule has 226 valence electrons. The molecule has 8 heteroatoms. The average Bonchev–Trinajstić information content (AvgIpc) is 3.60. The highest BCUT2D eigenvalue weighted by molar-refractivity contribution is 5.89. The van der Waals surface area contributed by atoms with Crippen molar-refractivity contribution in [3.05, 3.63) is 35.6 Å². The fourth-order valence-electron chi connectivity index (χ4n) is 8.33. The van der Waals surface area contributed by atoms with Crippen molar-refractivity contribution in [2.75, 3.05) is 26.2 Å². The lowest BCUT2D eigenvalue weighted by atomic mass is 9.63. The van der Waals surface area contributed by atoms with E-state index in [1.165, 1.54) is 18.6 Å². The molecule has 0 aromatic heterocycles. The van der Waals surface area contributed by atoms with Crippen LogP contribution >= 0.6 is 0 Å². The minimum absolute atomic E-state index is 0.0524. The zero-order chi connectivity index (χ0) is 29.1. The van der Waals surface area contributed by atoms with Crippen molar-refractivity contribution in [2.45, 2.75) is 103 Å². The summed E-state index contributed by atoms with van der Waals surface area (Å²) in [6.45, 7) is 8.55. The van der Waals surface area contributed by atoms with Crippen LogP contribution in [0.5, 0.6) is 0 Å². The van der Waals surface area contributed by atoms with Gasteiger partial charge in [0.15, 0.2) is 0 Å². The Labute approximate surface area is 244 Å². The van der Waals surface area contributed by atoms with Crippen LogP contribution in [0.15, 0.2) is 24.3 Å². The normalized spacial score (nSPS) is 27.1. The van der Waals surface area contributed by atoms with Crippen molar-refractivity contribution < 1.29 is 23.5 Å². The fraction of sp³-hybridized carbons (Fsp3) is 0.727. The van der Waals surface area contributed by atoms with E-state index in [1.807, 2.05) is 11.8 Å². The van der Waals surface area contributed by atoms with Gasteiger partial charge in [-0.1, -0.05) is 31.4 Å². The van der Waals surface area contributed by atoms with Crippen LogP contribution in [0.4, 0.5) is 4.39 Å². The van der Waals surface area contributed by atoms with Crippen LogP contribution in [-0.2, 0) is 25.5 Å². The monoisotopic (exact) mass is 569 g/mol. The van der Waals surface area contributed by atoms with Crippen molar-refractivity contribution in [2.24, 2.45) is 23.2 Å². The molecule has 2 bridgehead atoms. The first kappa shape index (κ1) is 30.0. The Kier molecular flexibility index (Phi) is 9.37. The number of benzene rings is 1. The molecule has 1 N–H and O–H groups in total. The van der Waals surface area contributed by atoms with E-state index in [1.54, 1.807) is 12.1 Å². The molecule has 2 aliphatic heterocycles. The van der Waals surface area contributed by atoms with E-state index in [-0.39, 0.29) is 35.6 Å². The van der Waals surface area contributed by atoms with Crippen LogP contribution in [0.1, 0.15) is 84.1 Å². The Bertz CT molecular complexity index is 1080. The number of ether oxygens (including phenoxy) is 1. The summed E-state index contributed by atoms with van der Waals surface area (Å²) in [5.41, 5.74) is 0.272. The molecule has 2 amide bonds. The first-order valence-corrected chi connectivity index (χ1v) is 16.0. The van der Waals surface area contributed by atoms with Gasteiger partial charge in [0.25, 0.3) is 0 Å². The third-order valence-corrected chi connectivity index (χ3v) is 10.5. The molecular formula is C33H48FN3O4. The van der Waals surface area contributed by atoms with E-state index >= 15 is 0 Å². The number of nitrogens with one attached hydrogen (secondary N) is 1. The summed E-state index contributed by atoms with van der Waals surface area (Å²) in [7, 11) is 0. The van der Waals surface area contributed by atoms with E-state index in [0.29, 0.717) is 56.8 Å². The van der Waals surface area contributed by atoms with Gasteiger partial charge in [0.2, 0.25) is 11.8 Å². The van der Waals surface area contributed by atoms with E-state index in [2.05, 4.69) is 24.1 Å². The summed E-state index contributed by atoms with van der Waals surface area (Å²) in [6, 6.07) is 6.04. The molecule has 4 atom stereocenters. The standard InChI is InChI=1S/C33H48FN3O4/c1-4-41-32(40)33(25-8-6-5-7-9-25)14-16-36(17-15-33)31(39)28(19-23-10-12-26(34)13-11-23)35-30(38)27-18-24-20-29(27)37(21-24)22(2)3/h10-13,22,24-25,27-29H,4-9,14-21H2,1-3H3,(H,35,38)/t24-,27-,28+,29-/m0/s1. The highest BCUT2D eigenvalue weighted by Gasteiger charge is 2.51. The lowest BCUT2D eigenvalue weighted by Gasteiger charge is -2.46. The quantitative estimate of drug-likeness (QED) is 0.436. The summed E-state index contributed by atoms with van der Waals surface area (Å²) >= 11 is 0. The Hall–Kier alpha value is -2.48. The lowest BCUT2D eigenvalue weighted by molar-refractivity contribution is -0.166. The molecule has 0 unspecified atom stereocenters. The minimum Gasteiger partial charge on any atom is -0.466 e. The number of piperidine rings is 2. The second kappa shape index (κ2) is 12.8. The predicted molar refractivity (Wildman–Crippen MR) is 155 cm³/mol. The van der Waals surface area contributed by atoms with Gasteiger partial charge >= 0.3 is 5.97 Å². The van der Waals surface area contributed by atoms with E-state index in [9.17, 15) is 18.8 Å². The zero-order valence-corrected chi connectivity index (χ0v) is 25.1. The fourth-order valence-corrected chi connectivity index (χ4v) is 8.33. The van der Waals surface area contributed by atoms with Crippen molar-refractivity contribution in [1.82, 2.24) is 15.1 Å². The molecule has 2 aliphatic carbocycles. The average molecular weight is 570 g/mol. The molecular weight excluding hydrogens is 521 g/mol. The number of amides is 2. The van der Waals surface area contributed by atoms with Gasteiger partial charge in [0, 0.05) is 38.1 Å². The van der Waals surface area contributed by atoms with Crippen LogP contribution < -0.4 is 5.32 Å². The molecule has 7 nitrogen and oxygen atoms in total.